The molecule has 0 saturated carbocycles. The SMILES string of the molecule is CC(C)C(N)c1nc2cc3c(cc2[nH]1)OCCCO3. The van der Waals surface area contributed by atoms with Crippen LogP contribution in [0.4, 0.5) is 0 Å². The van der Waals surface area contributed by atoms with E-state index in [2.05, 4.69) is 23.8 Å². The van der Waals surface area contributed by atoms with E-state index in [1.165, 1.54) is 0 Å². The summed E-state index contributed by atoms with van der Waals surface area (Å²) in [5.41, 5.74) is 7.93. The van der Waals surface area contributed by atoms with E-state index in [4.69, 9.17) is 15.2 Å². The molecule has 3 N–H and O–H groups in total. The van der Waals surface area contributed by atoms with Gasteiger partial charge in [0.25, 0.3) is 0 Å². The van der Waals surface area contributed by atoms with Gasteiger partial charge in [0, 0.05) is 18.6 Å². The summed E-state index contributed by atoms with van der Waals surface area (Å²) in [5, 5.41) is 0. The molecule has 1 aromatic heterocycles. The standard InChI is InChI=1S/C14H19N3O2/c1-8(2)13(15)14-16-9-6-11-12(7-10(9)17-14)19-5-3-4-18-11/h6-8,13H,3-5,15H2,1-2H3,(H,16,17). The van der Waals surface area contributed by atoms with E-state index in [1.54, 1.807) is 0 Å². The average molecular weight is 261 g/mol. The van der Waals surface area contributed by atoms with Crippen molar-refractivity contribution in [2.45, 2.75) is 26.3 Å². The van der Waals surface area contributed by atoms with Crippen molar-refractivity contribution in [3.05, 3.63) is 18.0 Å². The summed E-state index contributed by atoms with van der Waals surface area (Å²) in [6.45, 7) is 5.53. The molecule has 2 heterocycles. The van der Waals surface area contributed by atoms with Crippen LogP contribution in [0.5, 0.6) is 11.5 Å². The minimum Gasteiger partial charge on any atom is -0.489 e. The summed E-state index contributed by atoms with van der Waals surface area (Å²) in [7, 11) is 0. The number of hydrogen-bond acceptors (Lipinski definition) is 4. The second-order valence-electron chi connectivity index (χ2n) is 5.26. The van der Waals surface area contributed by atoms with Gasteiger partial charge in [-0.3, -0.25) is 0 Å². The Bertz CT molecular complexity index is 549. The molecule has 1 aromatic carbocycles. The van der Waals surface area contributed by atoms with Crippen molar-refractivity contribution in [2.24, 2.45) is 11.7 Å². The lowest BCUT2D eigenvalue weighted by Gasteiger charge is -2.11. The first-order valence-corrected chi connectivity index (χ1v) is 6.70. The van der Waals surface area contributed by atoms with Gasteiger partial charge in [-0.1, -0.05) is 13.8 Å². The summed E-state index contributed by atoms with van der Waals surface area (Å²) in [6.07, 6.45) is 0.902. The highest BCUT2D eigenvalue weighted by Crippen LogP contribution is 2.34. The third-order valence-electron chi connectivity index (χ3n) is 3.40. The molecule has 0 saturated heterocycles. The molecule has 3 rings (SSSR count). The van der Waals surface area contributed by atoms with Crippen LogP contribution in [0.3, 0.4) is 0 Å². The van der Waals surface area contributed by atoms with Crippen LogP contribution in [0.2, 0.25) is 0 Å². The van der Waals surface area contributed by atoms with E-state index in [0.717, 1.165) is 34.8 Å². The third kappa shape index (κ3) is 2.26. The van der Waals surface area contributed by atoms with Gasteiger partial charge < -0.3 is 20.2 Å². The number of aromatic amines is 1. The Labute approximate surface area is 112 Å². The van der Waals surface area contributed by atoms with Gasteiger partial charge in [-0.05, 0) is 5.92 Å². The maximum Gasteiger partial charge on any atom is 0.163 e. The first-order chi connectivity index (χ1) is 9.15. The van der Waals surface area contributed by atoms with Crippen LogP contribution in [0.25, 0.3) is 11.0 Å². The van der Waals surface area contributed by atoms with Gasteiger partial charge >= 0.3 is 0 Å². The van der Waals surface area contributed by atoms with Gasteiger partial charge in [0.1, 0.15) is 5.82 Å². The molecule has 0 spiro atoms. The molecule has 0 aliphatic carbocycles. The number of nitrogens with two attached hydrogens (primary N) is 1. The van der Waals surface area contributed by atoms with Crippen molar-refractivity contribution in [1.29, 1.82) is 0 Å². The van der Waals surface area contributed by atoms with E-state index >= 15 is 0 Å². The Hall–Kier alpha value is -1.75. The molecule has 102 valence electrons. The predicted octanol–water partition coefficient (Wildman–Crippen LogP) is 2.38. The van der Waals surface area contributed by atoms with E-state index < -0.39 is 0 Å². The van der Waals surface area contributed by atoms with E-state index in [1.807, 2.05) is 12.1 Å². The fourth-order valence-electron chi connectivity index (χ4n) is 2.16. The largest absolute Gasteiger partial charge is 0.489 e. The predicted molar refractivity (Wildman–Crippen MR) is 73.5 cm³/mol. The topological polar surface area (TPSA) is 73.2 Å². The molecule has 0 bridgehead atoms. The monoisotopic (exact) mass is 261 g/mol. The maximum absolute atomic E-state index is 6.12. The third-order valence-corrected chi connectivity index (χ3v) is 3.40. The minimum atomic E-state index is -0.0888. The van der Waals surface area contributed by atoms with Crippen molar-refractivity contribution in [2.75, 3.05) is 13.2 Å². The summed E-state index contributed by atoms with van der Waals surface area (Å²) in [4.78, 5) is 7.83. The van der Waals surface area contributed by atoms with Gasteiger partial charge in [0.05, 0.1) is 30.3 Å². The fourth-order valence-corrected chi connectivity index (χ4v) is 2.16. The summed E-state index contributed by atoms with van der Waals surface area (Å²) >= 11 is 0. The van der Waals surface area contributed by atoms with E-state index in [-0.39, 0.29) is 6.04 Å². The Morgan fingerprint density at radius 1 is 1.21 bits per heavy atom. The van der Waals surface area contributed by atoms with Gasteiger partial charge in [-0.15, -0.1) is 0 Å². The summed E-state index contributed by atoms with van der Waals surface area (Å²) in [6, 6.07) is 3.77. The van der Waals surface area contributed by atoms with E-state index in [0.29, 0.717) is 19.1 Å². The number of rotatable bonds is 2. The lowest BCUT2D eigenvalue weighted by molar-refractivity contribution is 0.297. The first-order valence-electron chi connectivity index (χ1n) is 6.70. The number of nitrogens with zero attached hydrogens (tertiary/aromatic N) is 1. The number of benzene rings is 1. The van der Waals surface area contributed by atoms with Crippen LogP contribution < -0.4 is 15.2 Å². The van der Waals surface area contributed by atoms with Crippen LogP contribution in [0.1, 0.15) is 32.1 Å². The highest BCUT2D eigenvalue weighted by Gasteiger charge is 2.18. The smallest absolute Gasteiger partial charge is 0.163 e. The molecule has 1 aliphatic heterocycles. The zero-order valence-electron chi connectivity index (χ0n) is 11.3. The Morgan fingerprint density at radius 3 is 2.58 bits per heavy atom. The lowest BCUT2D eigenvalue weighted by Crippen LogP contribution is -2.17. The molecular formula is C14H19N3O2. The van der Waals surface area contributed by atoms with Crippen LogP contribution in [0.15, 0.2) is 12.1 Å². The zero-order valence-corrected chi connectivity index (χ0v) is 11.3. The van der Waals surface area contributed by atoms with Gasteiger partial charge in [0.15, 0.2) is 11.5 Å². The summed E-state index contributed by atoms with van der Waals surface area (Å²) in [5.74, 6) is 2.69. The lowest BCUT2D eigenvalue weighted by atomic mass is 10.1. The highest BCUT2D eigenvalue weighted by molar-refractivity contribution is 5.80. The molecule has 0 radical (unpaired) electrons. The van der Waals surface area contributed by atoms with Gasteiger partial charge in [0.2, 0.25) is 0 Å². The molecule has 1 unspecified atom stereocenters. The normalized spacial score (nSPS) is 16.6. The fraction of sp³-hybridized carbons (Fsp3) is 0.500. The molecule has 0 amide bonds. The molecule has 1 atom stereocenters. The molecule has 1 aliphatic rings. The quantitative estimate of drug-likeness (QED) is 0.870. The molecule has 5 heteroatoms. The van der Waals surface area contributed by atoms with Crippen LogP contribution in [-0.4, -0.2) is 23.2 Å². The maximum atomic E-state index is 6.12. The number of nitrogens with one attached hydrogen (secondary N) is 1. The van der Waals surface area contributed by atoms with Crippen molar-refractivity contribution in [3.8, 4) is 11.5 Å². The average Bonchev–Trinajstić information content (AvgIpc) is 2.65. The first kappa shape index (κ1) is 12.3. The number of hydrogen-bond donors (Lipinski definition) is 2. The number of fused-ring (bicyclic) bond motifs is 2. The Balaban J connectivity index is 2.04. The number of imidazole rings is 1. The second-order valence-corrected chi connectivity index (χ2v) is 5.26. The van der Waals surface area contributed by atoms with Crippen molar-refractivity contribution < 1.29 is 9.47 Å². The van der Waals surface area contributed by atoms with Gasteiger partial charge in [-0.2, -0.15) is 0 Å². The Kier molecular flexibility index (Phi) is 3.06. The molecule has 5 nitrogen and oxygen atoms in total. The van der Waals surface area contributed by atoms with Crippen LogP contribution in [-0.2, 0) is 0 Å². The Morgan fingerprint density at radius 2 is 1.89 bits per heavy atom. The number of ether oxygens (including phenoxy) is 2. The number of H-pyrrole nitrogens is 1. The van der Waals surface area contributed by atoms with Crippen molar-refractivity contribution >= 4 is 11.0 Å². The van der Waals surface area contributed by atoms with E-state index in [9.17, 15) is 0 Å². The molecule has 2 aromatic rings. The molecular weight excluding hydrogens is 242 g/mol. The number of aromatic nitrogens is 2. The van der Waals surface area contributed by atoms with Crippen molar-refractivity contribution in [1.82, 2.24) is 9.97 Å². The second kappa shape index (κ2) is 4.74. The molecule has 19 heavy (non-hydrogen) atoms. The van der Waals surface area contributed by atoms with Crippen LogP contribution >= 0.6 is 0 Å². The van der Waals surface area contributed by atoms with Crippen molar-refractivity contribution in [3.63, 3.8) is 0 Å². The summed E-state index contributed by atoms with van der Waals surface area (Å²) < 4.78 is 11.3. The van der Waals surface area contributed by atoms with Gasteiger partial charge in [-0.25, -0.2) is 4.98 Å². The van der Waals surface area contributed by atoms with Crippen LogP contribution in [0, 0.1) is 5.92 Å². The minimum absolute atomic E-state index is 0.0888. The molecule has 0 fully saturated rings. The zero-order chi connectivity index (χ0) is 13.4. The highest BCUT2D eigenvalue weighted by atomic mass is 16.5.